The van der Waals surface area contributed by atoms with E-state index in [1.807, 2.05) is 6.92 Å². The van der Waals surface area contributed by atoms with Crippen molar-refractivity contribution in [3.63, 3.8) is 0 Å². The molecule has 0 radical (unpaired) electrons. The molecule has 0 bridgehead atoms. The smallest absolute Gasteiger partial charge is 0.265 e. The minimum Gasteiger partial charge on any atom is -0.481 e. The van der Waals surface area contributed by atoms with Crippen LogP contribution in [-0.2, 0) is 4.79 Å². The summed E-state index contributed by atoms with van der Waals surface area (Å²) in [7, 11) is 0. The van der Waals surface area contributed by atoms with Gasteiger partial charge in [0.15, 0.2) is 6.10 Å². The van der Waals surface area contributed by atoms with Crippen LogP contribution in [0.5, 0.6) is 5.75 Å². The minimum atomic E-state index is -0.808. The summed E-state index contributed by atoms with van der Waals surface area (Å²) in [4.78, 5) is 24.5. The van der Waals surface area contributed by atoms with Gasteiger partial charge in [0, 0.05) is 6.54 Å². The molecule has 0 aliphatic heterocycles. The Morgan fingerprint density at radius 3 is 2.48 bits per heavy atom. The Hall–Kier alpha value is -2.89. The lowest BCUT2D eigenvalue weighted by molar-refractivity contribution is -0.122. The Balaban J connectivity index is 2.04. The summed E-state index contributed by atoms with van der Waals surface area (Å²) in [6.45, 7) is 4.10. The highest BCUT2D eigenvalue weighted by Gasteiger charge is 2.18. The summed E-state index contributed by atoms with van der Waals surface area (Å²) < 4.78 is 18.4. The first-order valence-electron chi connectivity index (χ1n) is 8.11. The van der Waals surface area contributed by atoms with Gasteiger partial charge in [0.25, 0.3) is 11.8 Å². The SMILES string of the molecule is CCCNC(=O)c1ccccc1NC(=O)C(C)Oc1ccc(F)cc1. The van der Waals surface area contributed by atoms with E-state index in [4.69, 9.17) is 4.74 Å². The molecule has 1 atom stereocenters. The molecule has 2 amide bonds. The fraction of sp³-hybridized carbons (Fsp3) is 0.263. The highest BCUT2D eigenvalue weighted by Crippen LogP contribution is 2.17. The van der Waals surface area contributed by atoms with Gasteiger partial charge in [0.05, 0.1) is 11.3 Å². The van der Waals surface area contributed by atoms with E-state index in [-0.39, 0.29) is 11.7 Å². The zero-order valence-corrected chi connectivity index (χ0v) is 14.2. The standard InChI is InChI=1S/C19H21FN2O3/c1-3-12-21-19(24)16-6-4-5-7-17(16)22-18(23)13(2)25-15-10-8-14(20)9-11-15/h4-11,13H,3,12H2,1-2H3,(H,21,24)(H,22,23). The second-order valence-corrected chi connectivity index (χ2v) is 5.50. The first-order chi connectivity index (χ1) is 12.0. The van der Waals surface area contributed by atoms with Crippen molar-refractivity contribution in [2.45, 2.75) is 26.4 Å². The topological polar surface area (TPSA) is 67.4 Å². The van der Waals surface area contributed by atoms with Gasteiger partial charge in [0.1, 0.15) is 11.6 Å². The lowest BCUT2D eigenvalue weighted by Crippen LogP contribution is -2.32. The van der Waals surface area contributed by atoms with Crippen LogP contribution in [0.25, 0.3) is 0 Å². The van der Waals surface area contributed by atoms with Crippen molar-refractivity contribution in [3.05, 3.63) is 59.9 Å². The molecule has 0 aromatic heterocycles. The van der Waals surface area contributed by atoms with Gasteiger partial charge >= 0.3 is 0 Å². The van der Waals surface area contributed by atoms with Crippen LogP contribution < -0.4 is 15.4 Å². The number of rotatable bonds is 7. The monoisotopic (exact) mass is 344 g/mol. The van der Waals surface area contributed by atoms with E-state index in [1.165, 1.54) is 24.3 Å². The Kier molecular flexibility index (Phi) is 6.51. The summed E-state index contributed by atoms with van der Waals surface area (Å²) in [6, 6.07) is 12.2. The third-order valence-corrected chi connectivity index (χ3v) is 3.46. The van der Waals surface area contributed by atoms with Crippen LogP contribution >= 0.6 is 0 Å². The normalized spacial score (nSPS) is 11.5. The lowest BCUT2D eigenvalue weighted by Gasteiger charge is -2.16. The molecule has 0 saturated carbocycles. The van der Waals surface area contributed by atoms with E-state index in [0.29, 0.717) is 23.5 Å². The van der Waals surface area contributed by atoms with Gasteiger partial charge < -0.3 is 15.4 Å². The van der Waals surface area contributed by atoms with Gasteiger partial charge in [-0.15, -0.1) is 0 Å². The summed E-state index contributed by atoms with van der Waals surface area (Å²) in [5.41, 5.74) is 0.800. The van der Waals surface area contributed by atoms with Crippen molar-refractivity contribution in [3.8, 4) is 5.75 Å². The van der Waals surface area contributed by atoms with Crippen LogP contribution in [0.2, 0.25) is 0 Å². The van der Waals surface area contributed by atoms with Crippen molar-refractivity contribution < 1.29 is 18.7 Å². The maximum absolute atomic E-state index is 12.9. The van der Waals surface area contributed by atoms with Crippen LogP contribution in [0.4, 0.5) is 10.1 Å². The molecule has 0 heterocycles. The number of nitrogens with one attached hydrogen (secondary N) is 2. The third kappa shape index (κ3) is 5.31. The highest BCUT2D eigenvalue weighted by molar-refractivity contribution is 6.04. The number of carbonyl (C=O) groups excluding carboxylic acids is 2. The molecule has 2 rings (SSSR count). The summed E-state index contributed by atoms with van der Waals surface area (Å²) >= 11 is 0. The number of amides is 2. The number of carbonyl (C=O) groups is 2. The maximum atomic E-state index is 12.9. The van der Waals surface area contributed by atoms with E-state index >= 15 is 0 Å². The van der Waals surface area contributed by atoms with E-state index in [9.17, 15) is 14.0 Å². The molecule has 1 unspecified atom stereocenters. The number of hydrogen-bond acceptors (Lipinski definition) is 3. The zero-order chi connectivity index (χ0) is 18.2. The predicted molar refractivity (Wildman–Crippen MR) is 94.2 cm³/mol. The van der Waals surface area contributed by atoms with Crippen molar-refractivity contribution in [2.75, 3.05) is 11.9 Å². The molecule has 25 heavy (non-hydrogen) atoms. The summed E-state index contributed by atoms with van der Waals surface area (Å²) in [6.07, 6.45) is 0.0141. The molecule has 2 aromatic rings. The number of halogens is 1. The maximum Gasteiger partial charge on any atom is 0.265 e. The van der Waals surface area contributed by atoms with Gasteiger partial charge in [0.2, 0.25) is 0 Å². The fourth-order valence-electron chi connectivity index (χ4n) is 2.13. The van der Waals surface area contributed by atoms with Gasteiger partial charge in [-0.2, -0.15) is 0 Å². The molecule has 2 N–H and O–H groups in total. The van der Waals surface area contributed by atoms with Crippen LogP contribution in [0.15, 0.2) is 48.5 Å². The van der Waals surface area contributed by atoms with Gasteiger partial charge in [-0.3, -0.25) is 9.59 Å². The molecule has 6 heteroatoms. The van der Waals surface area contributed by atoms with Crippen molar-refractivity contribution >= 4 is 17.5 Å². The van der Waals surface area contributed by atoms with E-state index in [0.717, 1.165) is 6.42 Å². The second kappa shape index (κ2) is 8.82. The summed E-state index contributed by atoms with van der Waals surface area (Å²) in [5.74, 6) is -0.639. The van der Waals surface area contributed by atoms with Crippen molar-refractivity contribution in [1.82, 2.24) is 5.32 Å². The third-order valence-electron chi connectivity index (χ3n) is 3.46. The first-order valence-corrected chi connectivity index (χ1v) is 8.11. The van der Waals surface area contributed by atoms with E-state index in [1.54, 1.807) is 31.2 Å². The van der Waals surface area contributed by atoms with Gasteiger partial charge in [-0.1, -0.05) is 19.1 Å². The Morgan fingerprint density at radius 2 is 1.80 bits per heavy atom. The lowest BCUT2D eigenvalue weighted by atomic mass is 10.1. The average Bonchev–Trinajstić information content (AvgIpc) is 2.62. The Morgan fingerprint density at radius 1 is 1.12 bits per heavy atom. The van der Waals surface area contributed by atoms with Crippen LogP contribution in [0.3, 0.4) is 0 Å². The largest absolute Gasteiger partial charge is 0.481 e. The molecule has 0 saturated heterocycles. The number of benzene rings is 2. The van der Waals surface area contributed by atoms with Crippen molar-refractivity contribution in [1.29, 1.82) is 0 Å². The number of ether oxygens (including phenoxy) is 1. The Bertz CT molecular complexity index is 732. The molecule has 132 valence electrons. The summed E-state index contributed by atoms with van der Waals surface area (Å²) in [5, 5.41) is 5.48. The minimum absolute atomic E-state index is 0.246. The van der Waals surface area contributed by atoms with Crippen LogP contribution in [-0.4, -0.2) is 24.5 Å². The first kappa shape index (κ1) is 18.4. The van der Waals surface area contributed by atoms with E-state index in [2.05, 4.69) is 10.6 Å². The molecule has 5 nitrogen and oxygen atoms in total. The molecular formula is C19H21FN2O3. The molecule has 0 spiro atoms. The molecule has 0 aliphatic carbocycles. The van der Waals surface area contributed by atoms with Gasteiger partial charge in [-0.05, 0) is 49.7 Å². The fourth-order valence-corrected chi connectivity index (χ4v) is 2.13. The molecule has 0 aliphatic rings. The van der Waals surface area contributed by atoms with Crippen molar-refractivity contribution in [2.24, 2.45) is 0 Å². The molecule has 0 fully saturated rings. The second-order valence-electron chi connectivity index (χ2n) is 5.50. The Labute approximate surface area is 146 Å². The average molecular weight is 344 g/mol. The predicted octanol–water partition coefficient (Wildman–Crippen LogP) is 3.37. The van der Waals surface area contributed by atoms with Crippen LogP contribution in [0.1, 0.15) is 30.6 Å². The highest BCUT2D eigenvalue weighted by atomic mass is 19.1. The number of anilines is 1. The zero-order valence-electron chi connectivity index (χ0n) is 14.2. The molecular weight excluding hydrogens is 323 g/mol. The van der Waals surface area contributed by atoms with Crippen LogP contribution in [0, 0.1) is 5.82 Å². The van der Waals surface area contributed by atoms with E-state index < -0.39 is 12.0 Å². The van der Waals surface area contributed by atoms with Gasteiger partial charge in [-0.25, -0.2) is 4.39 Å². The quantitative estimate of drug-likeness (QED) is 0.809. The molecule has 2 aromatic carbocycles. The number of hydrogen-bond donors (Lipinski definition) is 2. The number of para-hydroxylation sites is 1.